The zero-order valence-corrected chi connectivity index (χ0v) is 19.1. The zero-order valence-electron chi connectivity index (χ0n) is 19.1. The fourth-order valence-electron chi connectivity index (χ4n) is 7.78. The quantitative estimate of drug-likeness (QED) is 0.516. The summed E-state index contributed by atoms with van der Waals surface area (Å²) in [6.07, 6.45) is 10.9. The van der Waals surface area contributed by atoms with E-state index in [9.17, 15) is 0 Å². The number of hydrogen-bond donors (Lipinski definition) is 0. The molecule has 4 nitrogen and oxygen atoms in total. The van der Waals surface area contributed by atoms with Crippen molar-refractivity contribution in [1.29, 1.82) is 10.5 Å². The second-order valence-corrected chi connectivity index (χ2v) is 11.5. The number of rotatable bonds is 4. The Morgan fingerprint density at radius 2 is 1.16 bits per heavy atom. The van der Waals surface area contributed by atoms with E-state index < -0.39 is 0 Å². The Labute approximate surface area is 190 Å². The van der Waals surface area contributed by atoms with Crippen molar-refractivity contribution >= 4 is 0 Å². The Morgan fingerprint density at radius 3 is 1.53 bits per heavy atom. The third-order valence-corrected chi connectivity index (χ3v) is 8.92. The van der Waals surface area contributed by atoms with Gasteiger partial charge in [-0.05, 0) is 101 Å². The first-order chi connectivity index (χ1) is 15.2. The molecule has 4 fully saturated rings. The maximum atomic E-state index is 8.86. The molecule has 4 aliphatic carbocycles. The molecule has 32 heavy (non-hydrogen) atoms. The lowest BCUT2D eigenvalue weighted by atomic mass is 9.34. The first kappa shape index (κ1) is 20.9. The molecule has 4 saturated carbocycles. The molecule has 0 heterocycles. The van der Waals surface area contributed by atoms with Crippen molar-refractivity contribution in [2.45, 2.75) is 70.1 Å². The molecule has 2 unspecified atom stereocenters. The molecule has 164 valence electrons. The molecule has 0 N–H and O–H groups in total. The lowest BCUT2D eigenvalue weighted by Gasteiger charge is -2.70. The van der Waals surface area contributed by atoms with E-state index in [1.807, 2.05) is 24.3 Å². The fourth-order valence-corrected chi connectivity index (χ4v) is 7.78. The number of ether oxygens (including phenoxy) is 2. The minimum Gasteiger partial charge on any atom is -0.388 e. The summed E-state index contributed by atoms with van der Waals surface area (Å²) >= 11 is 0. The smallest absolute Gasteiger partial charge is 0.292 e. The third-order valence-electron chi connectivity index (χ3n) is 8.92. The van der Waals surface area contributed by atoms with Gasteiger partial charge in [-0.3, -0.25) is 0 Å². The minimum atomic E-state index is 0.139. The van der Waals surface area contributed by atoms with Crippen molar-refractivity contribution in [2.24, 2.45) is 16.7 Å². The van der Waals surface area contributed by atoms with Gasteiger partial charge in [-0.1, -0.05) is 45.0 Å². The van der Waals surface area contributed by atoms with E-state index in [-0.39, 0.29) is 21.7 Å². The lowest BCUT2D eigenvalue weighted by molar-refractivity contribution is -0.141. The number of hydrogen-bond acceptors (Lipinski definition) is 4. The average Bonchev–Trinajstić information content (AvgIpc) is 2.73. The second kappa shape index (κ2) is 7.01. The average molecular weight is 427 g/mol. The monoisotopic (exact) mass is 426 g/mol. The van der Waals surface area contributed by atoms with Crippen molar-refractivity contribution < 1.29 is 9.47 Å². The van der Waals surface area contributed by atoms with Crippen LogP contribution in [0.1, 0.15) is 70.4 Å². The normalized spacial score (nSPS) is 32.7. The highest BCUT2D eigenvalue weighted by atomic mass is 16.5. The molecule has 4 bridgehead atoms. The minimum absolute atomic E-state index is 0.139. The Hall–Kier alpha value is -2.98. The predicted octanol–water partition coefficient (Wildman–Crippen LogP) is 6.61. The number of benzene rings is 2. The molecule has 0 radical (unpaired) electrons. The van der Waals surface area contributed by atoms with Gasteiger partial charge in [0.15, 0.2) is 0 Å². The largest absolute Gasteiger partial charge is 0.388 e. The van der Waals surface area contributed by atoms with Crippen LogP contribution < -0.4 is 9.47 Å². The zero-order chi connectivity index (χ0) is 22.6. The molecule has 2 aromatic carbocycles. The van der Waals surface area contributed by atoms with Crippen LogP contribution >= 0.6 is 0 Å². The van der Waals surface area contributed by atoms with Crippen molar-refractivity contribution in [1.82, 2.24) is 0 Å². The van der Waals surface area contributed by atoms with Gasteiger partial charge in [-0.2, -0.15) is 0 Å². The molecule has 6 rings (SSSR count). The summed E-state index contributed by atoms with van der Waals surface area (Å²) < 4.78 is 10.1. The summed E-state index contributed by atoms with van der Waals surface area (Å²) in [5, 5.41) is 17.7. The van der Waals surface area contributed by atoms with Gasteiger partial charge in [0.05, 0.1) is 0 Å². The standard InChI is InChI=1S/C28H30N2O2/c1-25(2,3)28-14-20-12-26(16-28,21-4-8-23(9-5-21)31-18-29)15-27(13-20,17-28)22-6-10-24(11-7-22)32-19-30/h4-11,20H,12-17H2,1-3H3. The van der Waals surface area contributed by atoms with Crippen LogP contribution in [0.15, 0.2) is 48.5 Å². The van der Waals surface area contributed by atoms with E-state index in [1.165, 1.54) is 43.2 Å². The van der Waals surface area contributed by atoms with E-state index in [1.54, 1.807) is 12.5 Å². The van der Waals surface area contributed by atoms with Gasteiger partial charge in [0.2, 0.25) is 0 Å². The molecule has 0 aliphatic heterocycles. The summed E-state index contributed by atoms with van der Waals surface area (Å²) in [5.74, 6) is 1.92. The van der Waals surface area contributed by atoms with Crippen LogP contribution in [0, 0.1) is 39.8 Å². The van der Waals surface area contributed by atoms with E-state index in [0.29, 0.717) is 17.4 Å². The second-order valence-electron chi connectivity index (χ2n) is 11.5. The van der Waals surface area contributed by atoms with Gasteiger partial charge in [-0.25, -0.2) is 0 Å². The van der Waals surface area contributed by atoms with E-state index in [4.69, 9.17) is 20.0 Å². The van der Waals surface area contributed by atoms with E-state index in [0.717, 1.165) is 6.42 Å². The Morgan fingerprint density at radius 1 is 0.719 bits per heavy atom. The van der Waals surface area contributed by atoms with Crippen LogP contribution in [0.2, 0.25) is 0 Å². The Balaban J connectivity index is 1.61. The van der Waals surface area contributed by atoms with Crippen LogP contribution in [0.25, 0.3) is 0 Å². The summed E-state index contributed by atoms with van der Waals surface area (Å²) in [7, 11) is 0. The Kier molecular flexibility index (Phi) is 4.58. The first-order valence-corrected chi connectivity index (χ1v) is 11.6. The summed E-state index contributed by atoms with van der Waals surface area (Å²) in [6.45, 7) is 7.28. The van der Waals surface area contributed by atoms with Gasteiger partial charge in [0.1, 0.15) is 11.5 Å². The van der Waals surface area contributed by atoms with Crippen LogP contribution in [0.3, 0.4) is 0 Å². The summed E-state index contributed by atoms with van der Waals surface area (Å²) in [4.78, 5) is 0. The predicted molar refractivity (Wildman–Crippen MR) is 122 cm³/mol. The number of nitrogens with zero attached hydrogens (tertiary/aromatic N) is 2. The molecule has 0 saturated heterocycles. The van der Waals surface area contributed by atoms with Gasteiger partial charge < -0.3 is 9.47 Å². The summed E-state index contributed by atoms with van der Waals surface area (Å²) in [5.41, 5.74) is 3.55. The van der Waals surface area contributed by atoms with Crippen LogP contribution in [-0.4, -0.2) is 0 Å². The van der Waals surface area contributed by atoms with Gasteiger partial charge in [0, 0.05) is 0 Å². The Bertz CT molecular complexity index is 1020. The van der Waals surface area contributed by atoms with Crippen molar-refractivity contribution in [3.05, 3.63) is 59.7 Å². The topological polar surface area (TPSA) is 66.0 Å². The molecule has 4 heteroatoms. The third kappa shape index (κ3) is 3.08. The van der Waals surface area contributed by atoms with Crippen LogP contribution in [-0.2, 0) is 10.8 Å². The molecular weight excluding hydrogens is 396 g/mol. The molecule has 4 aliphatic rings. The highest BCUT2D eigenvalue weighted by molar-refractivity contribution is 5.42. The maximum absolute atomic E-state index is 8.86. The lowest BCUT2D eigenvalue weighted by Crippen LogP contribution is -2.63. The highest BCUT2D eigenvalue weighted by Crippen LogP contribution is 2.74. The molecular formula is C28H30N2O2. The van der Waals surface area contributed by atoms with Crippen molar-refractivity contribution in [3.8, 4) is 24.0 Å². The highest BCUT2D eigenvalue weighted by Gasteiger charge is 2.66. The van der Waals surface area contributed by atoms with E-state index in [2.05, 4.69) is 45.0 Å². The first-order valence-electron chi connectivity index (χ1n) is 11.6. The van der Waals surface area contributed by atoms with Crippen LogP contribution in [0.5, 0.6) is 11.5 Å². The molecule has 0 spiro atoms. The molecule has 0 aromatic heterocycles. The maximum Gasteiger partial charge on any atom is 0.292 e. The fraction of sp³-hybridized carbons (Fsp3) is 0.500. The van der Waals surface area contributed by atoms with Gasteiger partial charge in [0.25, 0.3) is 12.5 Å². The summed E-state index contributed by atoms with van der Waals surface area (Å²) in [6, 6.07) is 16.5. The molecule has 0 amide bonds. The van der Waals surface area contributed by atoms with E-state index >= 15 is 0 Å². The van der Waals surface area contributed by atoms with Crippen molar-refractivity contribution in [3.63, 3.8) is 0 Å². The molecule has 2 atom stereocenters. The van der Waals surface area contributed by atoms with Gasteiger partial charge in [-0.15, -0.1) is 10.5 Å². The van der Waals surface area contributed by atoms with Gasteiger partial charge >= 0.3 is 0 Å². The number of nitriles is 2. The van der Waals surface area contributed by atoms with Crippen molar-refractivity contribution in [2.75, 3.05) is 0 Å². The SMILES string of the molecule is CC(C)(C)C12CC3CC(c4ccc(OC#N)cc4)(CC(c4ccc(OC#N)cc4)(C3)C1)C2. The van der Waals surface area contributed by atoms with Crippen LogP contribution in [0.4, 0.5) is 0 Å². The molecule has 2 aromatic rings.